The Kier molecular flexibility index (Phi) is 219. The van der Waals surface area contributed by atoms with Crippen LogP contribution in [0, 0.1) is 14.9 Å². The summed E-state index contributed by atoms with van der Waals surface area (Å²) in [6.07, 6.45) is 1.25. The standard InChI is InChI=1S/C3H8.2CH3.W/c1-3-2;;;/h3H2,1-2H3;2*1H3;/q;2*-1;+2. The van der Waals surface area contributed by atoms with Gasteiger partial charge in [0.2, 0.25) is 0 Å². The molecule has 0 aromatic carbocycles. The monoisotopic (exact) mass is 258 g/mol. The summed E-state index contributed by atoms with van der Waals surface area (Å²) in [7, 11) is 0. The molecule has 0 N–H and O–H groups in total. The Morgan fingerprint density at radius 2 is 1.00 bits per heavy atom. The third-order valence-corrected chi connectivity index (χ3v) is 0. The molecule has 0 heterocycles. The first kappa shape index (κ1) is 29.9. The zero-order valence-corrected chi connectivity index (χ0v) is 8.05. The largest absolute Gasteiger partial charge is 2.00 e. The van der Waals surface area contributed by atoms with Crippen LogP contribution in [0.4, 0.5) is 0 Å². The normalized spacial score (nSPS) is 3.00. The van der Waals surface area contributed by atoms with Crippen molar-refractivity contribution in [1.82, 2.24) is 0 Å². The molecule has 6 heavy (non-hydrogen) atoms. The summed E-state index contributed by atoms with van der Waals surface area (Å²) in [5.41, 5.74) is 0. The molecule has 0 unspecified atom stereocenters. The Bertz CT molecular complexity index is 3.90. The zero-order chi connectivity index (χ0) is 2.71. The molecular weight excluding hydrogens is 244 g/mol. The molecule has 0 aliphatic rings. The van der Waals surface area contributed by atoms with Crippen LogP contribution < -0.4 is 0 Å². The molecule has 0 spiro atoms. The van der Waals surface area contributed by atoms with Crippen LogP contribution in [-0.4, -0.2) is 0 Å². The van der Waals surface area contributed by atoms with Crippen LogP contribution in [0.25, 0.3) is 0 Å². The fraction of sp³-hybridized carbons (Fsp3) is 0.600. The van der Waals surface area contributed by atoms with E-state index >= 15 is 0 Å². The predicted molar refractivity (Wildman–Crippen MR) is 28.8 cm³/mol. The molecule has 0 radical (unpaired) electrons. The molecule has 0 saturated carbocycles. The molecular formula is C5H14W. The van der Waals surface area contributed by atoms with Gasteiger partial charge in [0.05, 0.1) is 0 Å². The summed E-state index contributed by atoms with van der Waals surface area (Å²) in [6, 6.07) is 0. The molecule has 0 atom stereocenters. The third kappa shape index (κ3) is 135. The van der Waals surface area contributed by atoms with Crippen molar-refractivity contribution in [2.75, 3.05) is 0 Å². The van der Waals surface area contributed by atoms with Crippen LogP contribution in [0.5, 0.6) is 0 Å². The van der Waals surface area contributed by atoms with Gasteiger partial charge in [-0.1, -0.05) is 20.3 Å². The van der Waals surface area contributed by atoms with Gasteiger partial charge in [0.1, 0.15) is 0 Å². The molecule has 0 aromatic heterocycles. The minimum Gasteiger partial charge on any atom is -0.358 e. The average Bonchev–Trinajstić information content (AvgIpc) is 0.918. The zero-order valence-electron chi connectivity index (χ0n) is 5.12. The molecule has 0 nitrogen and oxygen atoms in total. The minimum absolute atomic E-state index is 0. The number of hydrogen-bond donors (Lipinski definition) is 0. The van der Waals surface area contributed by atoms with E-state index in [-0.39, 0.29) is 35.9 Å². The molecule has 0 aliphatic carbocycles. The summed E-state index contributed by atoms with van der Waals surface area (Å²) in [5, 5.41) is 0. The SMILES string of the molecule is CCC.[CH3-].[CH3-].[W+2]. The Morgan fingerprint density at radius 3 is 1.00 bits per heavy atom. The topological polar surface area (TPSA) is 0 Å². The fourth-order valence-corrected chi connectivity index (χ4v) is 0. The summed E-state index contributed by atoms with van der Waals surface area (Å²) < 4.78 is 0. The number of hydrogen-bond acceptors (Lipinski definition) is 0. The second-order valence-electron chi connectivity index (χ2n) is 0.707. The Hall–Kier alpha value is 0.688. The van der Waals surface area contributed by atoms with Crippen molar-refractivity contribution in [2.24, 2.45) is 0 Å². The Morgan fingerprint density at radius 1 is 1.00 bits per heavy atom. The van der Waals surface area contributed by atoms with Crippen molar-refractivity contribution in [3.8, 4) is 0 Å². The van der Waals surface area contributed by atoms with E-state index in [2.05, 4.69) is 13.8 Å². The van der Waals surface area contributed by atoms with Crippen molar-refractivity contribution >= 4 is 0 Å². The predicted octanol–water partition coefficient (Wildman–Crippen LogP) is 2.31. The van der Waals surface area contributed by atoms with E-state index < -0.39 is 0 Å². The van der Waals surface area contributed by atoms with Crippen molar-refractivity contribution in [1.29, 1.82) is 0 Å². The van der Waals surface area contributed by atoms with Crippen LogP contribution in [0.3, 0.4) is 0 Å². The van der Waals surface area contributed by atoms with Gasteiger partial charge in [-0.2, -0.15) is 0 Å². The maximum absolute atomic E-state index is 2.12. The maximum atomic E-state index is 2.12. The van der Waals surface area contributed by atoms with E-state index in [1.807, 2.05) is 0 Å². The molecule has 0 aliphatic heterocycles. The van der Waals surface area contributed by atoms with E-state index in [1.165, 1.54) is 6.42 Å². The van der Waals surface area contributed by atoms with E-state index in [1.54, 1.807) is 0 Å². The smallest absolute Gasteiger partial charge is 0.358 e. The first-order valence-electron chi connectivity index (χ1n) is 1.41. The van der Waals surface area contributed by atoms with Gasteiger partial charge < -0.3 is 14.9 Å². The molecule has 0 saturated heterocycles. The number of rotatable bonds is 0. The van der Waals surface area contributed by atoms with Crippen molar-refractivity contribution < 1.29 is 21.1 Å². The molecule has 0 aromatic rings. The van der Waals surface area contributed by atoms with Crippen molar-refractivity contribution in [2.45, 2.75) is 20.3 Å². The second-order valence-corrected chi connectivity index (χ2v) is 0.707. The first-order chi connectivity index (χ1) is 1.41. The van der Waals surface area contributed by atoms with Gasteiger partial charge in [-0.3, -0.25) is 0 Å². The molecule has 0 bridgehead atoms. The fourth-order valence-electron chi connectivity index (χ4n) is 0. The van der Waals surface area contributed by atoms with Gasteiger partial charge in [-0.05, 0) is 0 Å². The molecule has 40 valence electrons. The van der Waals surface area contributed by atoms with Gasteiger partial charge in [-0.15, -0.1) is 0 Å². The van der Waals surface area contributed by atoms with E-state index in [9.17, 15) is 0 Å². The van der Waals surface area contributed by atoms with Crippen LogP contribution in [-0.2, 0) is 21.1 Å². The van der Waals surface area contributed by atoms with Crippen LogP contribution in [0.1, 0.15) is 20.3 Å². The van der Waals surface area contributed by atoms with Gasteiger partial charge in [-0.25, -0.2) is 0 Å². The Balaban J connectivity index is -0.00000000667. The van der Waals surface area contributed by atoms with Gasteiger partial charge in [0.15, 0.2) is 0 Å². The van der Waals surface area contributed by atoms with Crippen LogP contribution >= 0.6 is 0 Å². The minimum atomic E-state index is 0. The summed E-state index contributed by atoms with van der Waals surface area (Å²) in [6.45, 7) is 4.25. The molecule has 0 fully saturated rings. The Labute approximate surface area is 56.6 Å². The third-order valence-electron chi connectivity index (χ3n) is 0. The molecule has 1 heteroatoms. The van der Waals surface area contributed by atoms with E-state index in [4.69, 9.17) is 0 Å². The van der Waals surface area contributed by atoms with E-state index in [0.717, 1.165) is 0 Å². The van der Waals surface area contributed by atoms with Crippen molar-refractivity contribution in [3.63, 3.8) is 0 Å². The second kappa shape index (κ2) is 43.9. The first-order valence-corrected chi connectivity index (χ1v) is 1.41. The van der Waals surface area contributed by atoms with Gasteiger partial charge >= 0.3 is 21.1 Å². The van der Waals surface area contributed by atoms with Crippen LogP contribution in [0.2, 0.25) is 0 Å². The van der Waals surface area contributed by atoms with Gasteiger partial charge in [0.25, 0.3) is 0 Å². The quantitative estimate of drug-likeness (QED) is 0.585. The summed E-state index contributed by atoms with van der Waals surface area (Å²) in [5.74, 6) is 0. The molecule has 0 rings (SSSR count). The molecule has 0 amide bonds. The summed E-state index contributed by atoms with van der Waals surface area (Å²) >= 11 is 0. The average molecular weight is 258 g/mol. The van der Waals surface area contributed by atoms with E-state index in [0.29, 0.717) is 0 Å². The summed E-state index contributed by atoms with van der Waals surface area (Å²) in [4.78, 5) is 0. The maximum Gasteiger partial charge on any atom is 2.00 e. The van der Waals surface area contributed by atoms with Crippen LogP contribution in [0.15, 0.2) is 0 Å². The van der Waals surface area contributed by atoms with Crippen molar-refractivity contribution in [3.05, 3.63) is 14.9 Å². The van der Waals surface area contributed by atoms with Gasteiger partial charge in [0, 0.05) is 0 Å².